The van der Waals surface area contributed by atoms with Gasteiger partial charge in [-0.05, 0) is 23.6 Å². The van der Waals surface area contributed by atoms with Crippen LogP contribution in [0.1, 0.15) is 16.5 Å². The number of thiophene rings is 1. The van der Waals surface area contributed by atoms with Crippen molar-refractivity contribution in [3.8, 4) is 0 Å². The molecule has 0 aromatic carbocycles. The van der Waals surface area contributed by atoms with Gasteiger partial charge in [0.15, 0.2) is 0 Å². The van der Waals surface area contributed by atoms with Crippen molar-refractivity contribution in [2.45, 2.75) is 5.92 Å². The fourth-order valence-corrected chi connectivity index (χ4v) is 2.23. The van der Waals surface area contributed by atoms with Crippen molar-refractivity contribution in [2.75, 3.05) is 0 Å². The van der Waals surface area contributed by atoms with Gasteiger partial charge in [-0.25, -0.2) is 0 Å². The Morgan fingerprint density at radius 3 is 2.73 bits per heavy atom. The van der Waals surface area contributed by atoms with Crippen LogP contribution in [0.25, 0.3) is 0 Å². The van der Waals surface area contributed by atoms with E-state index < -0.39 is 11.9 Å². The standard InChI is InChI=1S/C11H9NO2S/c13-11(14)10(9-5-3-7-15-9)8-4-1-2-6-12-8/h1-7,10H,(H,13,14). The number of nitrogens with zero attached hydrogens (tertiary/aromatic N) is 1. The van der Waals surface area contributed by atoms with Crippen LogP contribution in [0.4, 0.5) is 0 Å². The summed E-state index contributed by atoms with van der Waals surface area (Å²) in [4.78, 5) is 16.1. The average molecular weight is 219 g/mol. The molecule has 0 saturated carbocycles. The highest BCUT2D eigenvalue weighted by atomic mass is 32.1. The number of hydrogen-bond donors (Lipinski definition) is 1. The first-order valence-corrected chi connectivity index (χ1v) is 5.34. The van der Waals surface area contributed by atoms with E-state index in [1.807, 2.05) is 17.5 Å². The fraction of sp³-hybridized carbons (Fsp3) is 0.0909. The minimum atomic E-state index is -0.865. The molecule has 3 nitrogen and oxygen atoms in total. The Morgan fingerprint density at radius 1 is 1.33 bits per heavy atom. The lowest BCUT2D eigenvalue weighted by Crippen LogP contribution is -2.12. The van der Waals surface area contributed by atoms with Crippen molar-refractivity contribution < 1.29 is 9.90 Å². The minimum absolute atomic E-state index is 0.576. The second-order valence-corrected chi connectivity index (χ2v) is 4.02. The van der Waals surface area contributed by atoms with Crippen molar-refractivity contribution in [3.05, 3.63) is 52.5 Å². The predicted octanol–water partition coefficient (Wildman–Crippen LogP) is 2.36. The molecule has 0 saturated heterocycles. The maximum atomic E-state index is 11.2. The van der Waals surface area contributed by atoms with E-state index in [0.717, 1.165) is 4.88 Å². The van der Waals surface area contributed by atoms with Crippen LogP contribution in [-0.2, 0) is 4.79 Å². The van der Waals surface area contributed by atoms with E-state index in [9.17, 15) is 4.79 Å². The number of pyridine rings is 1. The van der Waals surface area contributed by atoms with Gasteiger partial charge in [-0.1, -0.05) is 12.1 Å². The molecule has 76 valence electrons. The van der Waals surface area contributed by atoms with Gasteiger partial charge in [-0.3, -0.25) is 9.78 Å². The van der Waals surface area contributed by atoms with E-state index in [4.69, 9.17) is 5.11 Å². The van der Waals surface area contributed by atoms with Crippen LogP contribution in [0.2, 0.25) is 0 Å². The fourth-order valence-electron chi connectivity index (χ4n) is 1.40. The quantitative estimate of drug-likeness (QED) is 0.862. The molecule has 0 radical (unpaired) electrons. The summed E-state index contributed by atoms with van der Waals surface area (Å²) in [6.45, 7) is 0. The van der Waals surface area contributed by atoms with Crippen LogP contribution < -0.4 is 0 Å². The number of carboxylic acids is 1. The van der Waals surface area contributed by atoms with Crippen LogP contribution in [0.3, 0.4) is 0 Å². The van der Waals surface area contributed by atoms with E-state index in [-0.39, 0.29) is 0 Å². The molecule has 0 aliphatic rings. The number of hydrogen-bond acceptors (Lipinski definition) is 3. The van der Waals surface area contributed by atoms with Crippen molar-refractivity contribution in [1.82, 2.24) is 4.98 Å². The minimum Gasteiger partial charge on any atom is -0.480 e. The van der Waals surface area contributed by atoms with Crippen molar-refractivity contribution in [1.29, 1.82) is 0 Å². The summed E-state index contributed by atoms with van der Waals surface area (Å²) in [5, 5.41) is 11.0. The molecule has 15 heavy (non-hydrogen) atoms. The summed E-state index contributed by atoms with van der Waals surface area (Å²) < 4.78 is 0. The SMILES string of the molecule is O=C(O)C(c1ccccn1)c1cccs1. The van der Waals surface area contributed by atoms with E-state index in [1.165, 1.54) is 11.3 Å². The van der Waals surface area contributed by atoms with Crippen LogP contribution in [0.5, 0.6) is 0 Å². The molecule has 2 heterocycles. The summed E-state index contributed by atoms with van der Waals surface area (Å²) in [5.41, 5.74) is 0.576. The van der Waals surface area contributed by atoms with Gasteiger partial charge in [0.05, 0.1) is 5.69 Å². The average Bonchev–Trinajstić information content (AvgIpc) is 2.72. The molecule has 2 aromatic rings. The van der Waals surface area contributed by atoms with Crippen molar-refractivity contribution in [3.63, 3.8) is 0 Å². The predicted molar refractivity (Wildman–Crippen MR) is 58.0 cm³/mol. The lowest BCUT2D eigenvalue weighted by Gasteiger charge is -2.08. The molecule has 1 atom stereocenters. The highest BCUT2D eigenvalue weighted by molar-refractivity contribution is 7.10. The van der Waals surface area contributed by atoms with Gasteiger partial charge < -0.3 is 5.11 Å². The zero-order valence-corrected chi connectivity index (χ0v) is 8.65. The molecule has 0 aliphatic heterocycles. The zero-order valence-electron chi connectivity index (χ0n) is 7.83. The van der Waals surface area contributed by atoms with E-state index in [2.05, 4.69) is 4.98 Å². The molecule has 1 N–H and O–H groups in total. The van der Waals surface area contributed by atoms with Crippen molar-refractivity contribution >= 4 is 17.3 Å². The van der Waals surface area contributed by atoms with Crippen LogP contribution in [0, 0.1) is 0 Å². The Balaban J connectivity index is 2.42. The van der Waals surface area contributed by atoms with Gasteiger partial charge in [0.1, 0.15) is 5.92 Å². The largest absolute Gasteiger partial charge is 0.480 e. The molecule has 4 heteroatoms. The second kappa shape index (κ2) is 4.23. The Kier molecular flexibility index (Phi) is 2.78. The molecule has 0 fully saturated rings. The number of aromatic nitrogens is 1. The molecular weight excluding hydrogens is 210 g/mol. The molecule has 1 unspecified atom stereocenters. The van der Waals surface area contributed by atoms with Crippen LogP contribution in [-0.4, -0.2) is 16.1 Å². The van der Waals surface area contributed by atoms with Gasteiger partial charge in [-0.2, -0.15) is 0 Å². The lowest BCUT2D eigenvalue weighted by atomic mass is 10.0. The van der Waals surface area contributed by atoms with Gasteiger partial charge in [0.25, 0.3) is 0 Å². The van der Waals surface area contributed by atoms with Crippen molar-refractivity contribution in [2.24, 2.45) is 0 Å². The Morgan fingerprint density at radius 2 is 2.20 bits per heavy atom. The third kappa shape index (κ3) is 2.05. The lowest BCUT2D eigenvalue weighted by molar-refractivity contribution is -0.137. The van der Waals surface area contributed by atoms with Crippen LogP contribution in [0.15, 0.2) is 41.9 Å². The van der Waals surface area contributed by atoms with Gasteiger partial charge >= 0.3 is 5.97 Å². The summed E-state index contributed by atoms with van der Waals surface area (Å²) in [5.74, 6) is -1.51. The number of aliphatic carboxylic acids is 1. The topological polar surface area (TPSA) is 50.2 Å². The van der Waals surface area contributed by atoms with Gasteiger partial charge in [0, 0.05) is 11.1 Å². The molecular formula is C11H9NO2S. The number of carboxylic acid groups (broad SMARTS) is 1. The first-order chi connectivity index (χ1) is 7.29. The molecule has 0 aliphatic carbocycles. The normalized spacial score (nSPS) is 12.3. The first kappa shape index (κ1) is 9.86. The first-order valence-electron chi connectivity index (χ1n) is 4.46. The van der Waals surface area contributed by atoms with Gasteiger partial charge in [0.2, 0.25) is 0 Å². The molecule has 2 aromatic heterocycles. The maximum Gasteiger partial charge on any atom is 0.317 e. The Bertz CT molecular complexity index is 439. The molecule has 2 rings (SSSR count). The summed E-state index contributed by atoms with van der Waals surface area (Å²) in [6, 6.07) is 8.97. The Hall–Kier alpha value is -1.68. The molecule has 0 spiro atoms. The second-order valence-electron chi connectivity index (χ2n) is 3.04. The van der Waals surface area contributed by atoms with Crippen LogP contribution >= 0.6 is 11.3 Å². The molecule has 0 bridgehead atoms. The van der Waals surface area contributed by atoms with E-state index in [0.29, 0.717) is 5.69 Å². The summed E-state index contributed by atoms with van der Waals surface area (Å²) >= 11 is 1.43. The Labute approximate surface area is 91.0 Å². The highest BCUT2D eigenvalue weighted by Crippen LogP contribution is 2.26. The summed E-state index contributed by atoms with van der Waals surface area (Å²) in [6.07, 6.45) is 1.61. The third-order valence-electron chi connectivity index (χ3n) is 2.06. The number of rotatable bonds is 3. The molecule has 0 amide bonds. The van der Waals surface area contributed by atoms with Gasteiger partial charge in [-0.15, -0.1) is 11.3 Å². The number of carbonyl (C=O) groups is 1. The highest BCUT2D eigenvalue weighted by Gasteiger charge is 2.23. The monoisotopic (exact) mass is 219 g/mol. The smallest absolute Gasteiger partial charge is 0.317 e. The van der Waals surface area contributed by atoms with E-state index in [1.54, 1.807) is 24.4 Å². The maximum absolute atomic E-state index is 11.2. The van der Waals surface area contributed by atoms with E-state index >= 15 is 0 Å². The summed E-state index contributed by atoms with van der Waals surface area (Å²) in [7, 11) is 0. The third-order valence-corrected chi connectivity index (χ3v) is 3.00. The zero-order chi connectivity index (χ0) is 10.7.